The van der Waals surface area contributed by atoms with Crippen LogP contribution in [0.5, 0.6) is 0 Å². The Morgan fingerprint density at radius 3 is 3.00 bits per heavy atom. The minimum Gasteiger partial charge on any atom is -0.381 e. The Balaban J connectivity index is 1.82. The second-order valence-electron chi connectivity index (χ2n) is 4.71. The first-order valence-corrected chi connectivity index (χ1v) is 6.97. The molecule has 2 aliphatic heterocycles. The van der Waals surface area contributed by atoms with E-state index in [-0.39, 0.29) is 5.50 Å². The van der Waals surface area contributed by atoms with Crippen LogP contribution in [-0.4, -0.2) is 23.1 Å². The molecule has 1 atom stereocenters. The van der Waals surface area contributed by atoms with Crippen molar-refractivity contribution in [1.82, 2.24) is 9.88 Å². The number of rotatable bonds is 2. The van der Waals surface area contributed by atoms with Gasteiger partial charge in [-0.05, 0) is 36.4 Å². The van der Waals surface area contributed by atoms with Crippen molar-refractivity contribution in [3.63, 3.8) is 0 Å². The monoisotopic (exact) mass is 287 g/mol. The van der Waals surface area contributed by atoms with E-state index >= 15 is 0 Å². The molecule has 0 spiro atoms. The summed E-state index contributed by atoms with van der Waals surface area (Å²) in [5.41, 5.74) is 0.703. The third-order valence-corrected chi connectivity index (χ3v) is 4.02. The summed E-state index contributed by atoms with van der Waals surface area (Å²) in [4.78, 5) is 4.34. The fourth-order valence-corrected chi connectivity index (χ4v) is 2.99. The van der Waals surface area contributed by atoms with Crippen molar-refractivity contribution < 1.29 is 4.74 Å². The van der Waals surface area contributed by atoms with E-state index in [4.69, 9.17) is 27.9 Å². The molecule has 3 heterocycles. The van der Waals surface area contributed by atoms with E-state index in [2.05, 4.69) is 14.9 Å². The van der Waals surface area contributed by atoms with Crippen LogP contribution < -0.4 is 5.32 Å². The van der Waals surface area contributed by atoms with Gasteiger partial charge in [-0.2, -0.15) is 0 Å². The van der Waals surface area contributed by atoms with Gasteiger partial charge in [-0.25, -0.2) is 4.99 Å². The normalized spacial score (nSPS) is 24.3. The fraction of sp³-hybridized carbons (Fsp3) is 0.583. The molecular formula is C12H15Cl2N3O. The first-order valence-electron chi connectivity index (χ1n) is 6.15. The Morgan fingerprint density at radius 2 is 2.22 bits per heavy atom. The van der Waals surface area contributed by atoms with E-state index in [1.54, 1.807) is 0 Å². The van der Waals surface area contributed by atoms with E-state index < -0.39 is 0 Å². The molecule has 0 aromatic carbocycles. The molecule has 18 heavy (non-hydrogen) atoms. The molecule has 0 amide bonds. The summed E-state index contributed by atoms with van der Waals surface area (Å²) in [7, 11) is 0. The average molecular weight is 288 g/mol. The van der Waals surface area contributed by atoms with Crippen molar-refractivity contribution in [2.75, 3.05) is 13.2 Å². The second-order valence-corrected chi connectivity index (χ2v) is 5.51. The number of aromatic nitrogens is 1. The Morgan fingerprint density at radius 1 is 1.44 bits per heavy atom. The molecule has 1 saturated heterocycles. The number of hydrogen-bond acceptors (Lipinski definition) is 3. The Kier molecular flexibility index (Phi) is 3.50. The maximum Gasteiger partial charge on any atom is 0.199 e. The van der Waals surface area contributed by atoms with Crippen LogP contribution >= 0.6 is 23.2 Å². The zero-order valence-electron chi connectivity index (χ0n) is 9.90. The summed E-state index contributed by atoms with van der Waals surface area (Å²) in [6.45, 7) is 2.67. The lowest BCUT2D eigenvalue weighted by molar-refractivity contribution is 0.0614. The summed E-state index contributed by atoms with van der Waals surface area (Å²) >= 11 is 12.1. The van der Waals surface area contributed by atoms with Gasteiger partial charge in [-0.1, -0.05) is 11.6 Å². The van der Waals surface area contributed by atoms with Crippen LogP contribution in [-0.2, 0) is 11.3 Å². The Bertz CT molecular complexity index is 466. The van der Waals surface area contributed by atoms with Gasteiger partial charge in [0.1, 0.15) is 11.3 Å². The number of aliphatic imine (C=N–C) groups is 1. The third-order valence-electron chi connectivity index (χ3n) is 3.48. The Hall–Kier alpha value is -0.710. The second kappa shape index (κ2) is 5.11. The molecule has 1 N–H and O–H groups in total. The van der Waals surface area contributed by atoms with E-state index in [0.29, 0.717) is 11.2 Å². The van der Waals surface area contributed by atoms with Crippen LogP contribution in [0.4, 0.5) is 5.82 Å². The number of alkyl halides is 1. The SMILES string of the molecule is ClC1=Nc2c(ccn2CC2CCOCC2)C(Cl)N1. The van der Waals surface area contributed by atoms with E-state index in [0.717, 1.165) is 44.0 Å². The summed E-state index contributed by atoms with van der Waals surface area (Å²) in [5.74, 6) is 1.53. The molecule has 1 aromatic rings. The van der Waals surface area contributed by atoms with Crippen LogP contribution in [0.25, 0.3) is 0 Å². The van der Waals surface area contributed by atoms with Gasteiger partial charge in [0, 0.05) is 31.5 Å². The number of nitrogens with zero attached hydrogens (tertiary/aromatic N) is 2. The van der Waals surface area contributed by atoms with Crippen LogP contribution in [0.1, 0.15) is 23.9 Å². The molecule has 4 nitrogen and oxygen atoms in total. The smallest absolute Gasteiger partial charge is 0.199 e. The number of nitrogens with one attached hydrogen (secondary N) is 1. The van der Waals surface area contributed by atoms with Crippen molar-refractivity contribution in [2.45, 2.75) is 24.9 Å². The van der Waals surface area contributed by atoms with Crippen LogP contribution in [0.3, 0.4) is 0 Å². The van der Waals surface area contributed by atoms with Crippen molar-refractivity contribution >= 4 is 34.3 Å². The average Bonchev–Trinajstić information content (AvgIpc) is 2.74. The lowest BCUT2D eigenvalue weighted by Gasteiger charge is -2.24. The lowest BCUT2D eigenvalue weighted by Crippen LogP contribution is -2.25. The topological polar surface area (TPSA) is 38.5 Å². The van der Waals surface area contributed by atoms with Crippen LogP contribution in [0, 0.1) is 5.92 Å². The zero-order valence-corrected chi connectivity index (χ0v) is 11.4. The minimum absolute atomic E-state index is 0.291. The molecule has 98 valence electrons. The lowest BCUT2D eigenvalue weighted by atomic mass is 10.0. The van der Waals surface area contributed by atoms with Gasteiger partial charge in [0.25, 0.3) is 0 Å². The number of fused-ring (bicyclic) bond motifs is 1. The molecule has 2 aliphatic rings. The van der Waals surface area contributed by atoms with Crippen molar-refractivity contribution in [1.29, 1.82) is 0 Å². The third kappa shape index (κ3) is 2.37. The van der Waals surface area contributed by atoms with Crippen molar-refractivity contribution in [2.24, 2.45) is 10.9 Å². The Labute approximate surface area is 116 Å². The highest BCUT2D eigenvalue weighted by atomic mass is 35.5. The first-order chi connectivity index (χ1) is 8.74. The van der Waals surface area contributed by atoms with Crippen molar-refractivity contribution in [3.8, 4) is 0 Å². The highest BCUT2D eigenvalue weighted by Gasteiger charge is 2.23. The van der Waals surface area contributed by atoms with Gasteiger partial charge in [0.2, 0.25) is 0 Å². The summed E-state index contributed by atoms with van der Waals surface area (Å²) in [6.07, 6.45) is 4.25. The van der Waals surface area contributed by atoms with Gasteiger partial charge in [0.15, 0.2) is 5.29 Å². The van der Waals surface area contributed by atoms with Gasteiger partial charge >= 0.3 is 0 Å². The largest absolute Gasteiger partial charge is 0.381 e. The predicted octanol–water partition coefficient (Wildman–Crippen LogP) is 2.98. The number of hydrogen-bond donors (Lipinski definition) is 1. The molecule has 1 unspecified atom stereocenters. The summed E-state index contributed by atoms with van der Waals surface area (Å²) in [6, 6.07) is 2.01. The fourth-order valence-electron chi connectivity index (χ4n) is 2.47. The molecule has 0 saturated carbocycles. The van der Waals surface area contributed by atoms with E-state index in [9.17, 15) is 0 Å². The zero-order chi connectivity index (χ0) is 12.5. The predicted molar refractivity (Wildman–Crippen MR) is 72.7 cm³/mol. The molecular weight excluding hydrogens is 273 g/mol. The highest BCUT2D eigenvalue weighted by molar-refractivity contribution is 6.65. The first kappa shape index (κ1) is 12.3. The molecule has 0 bridgehead atoms. The number of ether oxygens (including phenoxy) is 1. The molecule has 0 aliphatic carbocycles. The summed E-state index contributed by atoms with van der Waals surface area (Å²) < 4.78 is 7.52. The van der Waals surface area contributed by atoms with Gasteiger partial charge in [-0.15, -0.1) is 0 Å². The van der Waals surface area contributed by atoms with Gasteiger partial charge in [0.05, 0.1) is 0 Å². The standard InChI is InChI=1S/C12H15Cl2N3O/c13-10-9-1-4-17(11(9)16-12(14)15-10)7-8-2-5-18-6-3-8/h1,4,8,10H,2-3,5-7H2,(H,15,16). The minimum atomic E-state index is -0.291. The molecule has 6 heteroatoms. The molecule has 0 radical (unpaired) electrons. The van der Waals surface area contributed by atoms with Gasteiger partial charge in [-0.3, -0.25) is 0 Å². The van der Waals surface area contributed by atoms with Crippen LogP contribution in [0.15, 0.2) is 17.3 Å². The quantitative estimate of drug-likeness (QED) is 0.671. The molecule has 1 fully saturated rings. The van der Waals surface area contributed by atoms with Crippen LogP contribution in [0.2, 0.25) is 0 Å². The molecule has 1 aromatic heterocycles. The summed E-state index contributed by atoms with van der Waals surface area (Å²) in [5, 5.41) is 3.26. The van der Waals surface area contributed by atoms with Crippen molar-refractivity contribution in [3.05, 3.63) is 17.8 Å². The molecule has 3 rings (SSSR count). The van der Waals surface area contributed by atoms with E-state index in [1.807, 2.05) is 12.3 Å². The number of amidine groups is 1. The highest BCUT2D eigenvalue weighted by Crippen LogP contribution is 2.34. The maximum absolute atomic E-state index is 6.19. The van der Waals surface area contributed by atoms with E-state index in [1.165, 1.54) is 0 Å². The maximum atomic E-state index is 6.19. The number of halogens is 2. The van der Waals surface area contributed by atoms with Gasteiger partial charge < -0.3 is 14.6 Å².